The van der Waals surface area contributed by atoms with E-state index in [0.29, 0.717) is 0 Å². The lowest BCUT2D eigenvalue weighted by molar-refractivity contribution is 1.18. The first kappa shape index (κ1) is 23.7. The van der Waals surface area contributed by atoms with Crippen molar-refractivity contribution in [2.24, 2.45) is 0 Å². The molecule has 0 aliphatic heterocycles. The van der Waals surface area contributed by atoms with E-state index in [0.717, 1.165) is 0 Å². The number of aromatic nitrogens is 2. The molecule has 0 bridgehead atoms. The maximum Gasteiger partial charge on any atom is 0.0626 e. The van der Waals surface area contributed by atoms with E-state index in [2.05, 4.69) is 167 Å². The summed E-state index contributed by atoms with van der Waals surface area (Å²) in [5.74, 6) is 0. The molecule has 204 valence electrons. The minimum atomic E-state index is 1.17. The molecule has 0 spiro atoms. The topological polar surface area (TPSA) is 9.34 Å². The fourth-order valence-electron chi connectivity index (χ4n) is 7.66. The van der Waals surface area contributed by atoms with Crippen LogP contribution in [0.3, 0.4) is 0 Å². The highest BCUT2D eigenvalue weighted by molar-refractivity contribution is 6.29. The number of para-hydroxylation sites is 3. The van der Waals surface area contributed by atoms with Crippen LogP contribution in [0, 0.1) is 0 Å². The predicted octanol–water partition coefficient (Wildman–Crippen LogP) is 11.3. The van der Waals surface area contributed by atoms with E-state index in [1.165, 1.54) is 87.8 Å². The summed E-state index contributed by atoms with van der Waals surface area (Å²) in [7, 11) is 0. The van der Waals surface area contributed by atoms with Gasteiger partial charge in [0.2, 0.25) is 0 Å². The molecule has 0 saturated heterocycles. The average molecular weight is 559 g/mol. The first-order valence-corrected chi connectivity index (χ1v) is 15.2. The van der Waals surface area contributed by atoms with E-state index in [9.17, 15) is 0 Å². The lowest BCUT2D eigenvalue weighted by Gasteiger charge is -2.11. The molecular weight excluding hydrogens is 532 g/mol. The third-order valence-electron chi connectivity index (χ3n) is 9.45. The highest BCUT2D eigenvalue weighted by atomic mass is 15.0. The molecule has 0 aliphatic rings. The molecule has 0 radical (unpaired) electrons. The minimum Gasteiger partial charge on any atom is -0.309 e. The Kier molecular flexibility index (Phi) is 4.75. The lowest BCUT2D eigenvalue weighted by Crippen LogP contribution is -1.94. The standard InChI is InChI=1S/C42H26N2/c1-2-12-27(13-3-1)28-14-10-15-29(26-28)43-37-21-8-5-17-34(37)40-31(19-11-23-39(40)43)32-24-25-33-30-16-4-7-20-36(30)44-38-22-9-6-18-35(38)41(32)42(33)44/h1-26H. The second kappa shape index (κ2) is 8.82. The Morgan fingerprint density at radius 3 is 1.75 bits per heavy atom. The first-order valence-electron chi connectivity index (χ1n) is 15.2. The molecular formula is C42H26N2. The van der Waals surface area contributed by atoms with Crippen LogP contribution in [0.2, 0.25) is 0 Å². The van der Waals surface area contributed by atoms with Crippen molar-refractivity contribution in [3.63, 3.8) is 0 Å². The van der Waals surface area contributed by atoms with Crippen molar-refractivity contribution in [2.45, 2.75) is 0 Å². The van der Waals surface area contributed by atoms with Crippen LogP contribution < -0.4 is 0 Å². The highest BCUT2D eigenvalue weighted by Gasteiger charge is 2.22. The summed E-state index contributed by atoms with van der Waals surface area (Å²) in [6.45, 7) is 0. The van der Waals surface area contributed by atoms with Gasteiger partial charge in [-0.1, -0.05) is 121 Å². The zero-order valence-corrected chi connectivity index (χ0v) is 23.9. The van der Waals surface area contributed by atoms with Crippen molar-refractivity contribution in [3.05, 3.63) is 158 Å². The molecule has 10 rings (SSSR count). The van der Waals surface area contributed by atoms with Crippen LogP contribution in [-0.2, 0) is 0 Å². The first-order chi connectivity index (χ1) is 21.9. The van der Waals surface area contributed by atoms with Gasteiger partial charge in [0.1, 0.15) is 0 Å². The second-order valence-electron chi connectivity index (χ2n) is 11.7. The second-order valence-corrected chi connectivity index (χ2v) is 11.7. The van der Waals surface area contributed by atoms with Crippen molar-refractivity contribution >= 4 is 59.9 Å². The maximum absolute atomic E-state index is 2.47. The van der Waals surface area contributed by atoms with Crippen molar-refractivity contribution in [1.82, 2.24) is 8.97 Å². The van der Waals surface area contributed by atoms with Crippen molar-refractivity contribution in [1.29, 1.82) is 0 Å². The summed E-state index contributed by atoms with van der Waals surface area (Å²) >= 11 is 0. The van der Waals surface area contributed by atoms with Gasteiger partial charge in [-0.25, -0.2) is 0 Å². The average Bonchev–Trinajstić information content (AvgIpc) is 3.74. The zero-order chi connectivity index (χ0) is 28.8. The summed E-state index contributed by atoms with van der Waals surface area (Å²) in [6, 6.07) is 57.6. The lowest BCUT2D eigenvalue weighted by atomic mass is 9.94. The third-order valence-corrected chi connectivity index (χ3v) is 9.45. The van der Waals surface area contributed by atoms with Crippen LogP contribution in [0.25, 0.3) is 87.8 Å². The fourth-order valence-corrected chi connectivity index (χ4v) is 7.66. The van der Waals surface area contributed by atoms with Gasteiger partial charge in [-0.05, 0) is 58.7 Å². The SMILES string of the molecule is c1ccc(-c2cccc(-n3c4ccccc4c4c(-c5ccc6c7ccccc7n7c8ccccc8c5c67)cccc43)c2)cc1. The molecule has 3 heterocycles. The fraction of sp³-hybridized carbons (Fsp3) is 0. The molecule has 0 aliphatic carbocycles. The van der Waals surface area contributed by atoms with E-state index >= 15 is 0 Å². The van der Waals surface area contributed by atoms with E-state index in [-0.39, 0.29) is 0 Å². The van der Waals surface area contributed by atoms with Gasteiger partial charge in [-0.15, -0.1) is 0 Å². The summed E-state index contributed by atoms with van der Waals surface area (Å²) in [6.07, 6.45) is 0. The minimum absolute atomic E-state index is 1.17. The van der Waals surface area contributed by atoms with Gasteiger partial charge in [0.15, 0.2) is 0 Å². The van der Waals surface area contributed by atoms with Gasteiger partial charge < -0.3 is 8.97 Å². The Morgan fingerprint density at radius 2 is 0.932 bits per heavy atom. The summed E-state index contributed by atoms with van der Waals surface area (Å²) in [5.41, 5.74) is 12.4. The van der Waals surface area contributed by atoms with E-state index in [1.807, 2.05) is 0 Å². The number of hydrogen-bond acceptors (Lipinski definition) is 0. The molecule has 0 amide bonds. The summed E-state index contributed by atoms with van der Waals surface area (Å²) < 4.78 is 4.90. The Labute approximate surface area is 254 Å². The van der Waals surface area contributed by atoms with Crippen LogP contribution in [-0.4, -0.2) is 8.97 Å². The van der Waals surface area contributed by atoms with Crippen molar-refractivity contribution in [2.75, 3.05) is 0 Å². The molecule has 44 heavy (non-hydrogen) atoms. The quantitative estimate of drug-likeness (QED) is 0.204. The molecule has 0 saturated carbocycles. The van der Waals surface area contributed by atoms with Crippen LogP contribution in [0.4, 0.5) is 0 Å². The Balaban J connectivity index is 1.32. The van der Waals surface area contributed by atoms with Crippen LogP contribution >= 0.6 is 0 Å². The zero-order valence-electron chi connectivity index (χ0n) is 23.9. The van der Waals surface area contributed by atoms with Gasteiger partial charge in [-0.3, -0.25) is 0 Å². The van der Waals surface area contributed by atoms with E-state index in [1.54, 1.807) is 0 Å². The summed E-state index contributed by atoms with van der Waals surface area (Å²) in [5, 5.41) is 7.79. The monoisotopic (exact) mass is 558 g/mol. The number of nitrogens with zero attached hydrogens (tertiary/aromatic N) is 2. The van der Waals surface area contributed by atoms with Crippen molar-refractivity contribution < 1.29 is 0 Å². The van der Waals surface area contributed by atoms with Crippen LogP contribution in [0.15, 0.2) is 158 Å². The third kappa shape index (κ3) is 3.09. The van der Waals surface area contributed by atoms with Gasteiger partial charge in [0.25, 0.3) is 0 Å². The molecule has 0 atom stereocenters. The van der Waals surface area contributed by atoms with Gasteiger partial charge >= 0.3 is 0 Å². The molecule has 2 nitrogen and oxygen atoms in total. The predicted molar refractivity (Wildman–Crippen MR) is 186 cm³/mol. The molecule has 2 heteroatoms. The Bertz CT molecular complexity index is 2710. The van der Waals surface area contributed by atoms with E-state index < -0.39 is 0 Å². The molecule has 0 unspecified atom stereocenters. The van der Waals surface area contributed by atoms with Crippen LogP contribution in [0.5, 0.6) is 0 Å². The van der Waals surface area contributed by atoms with E-state index in [4.69, 9.17) is 0 Å². The Hall–Kier alpha value is -5.86. The van der Waals surface area contributed by atoms with Gasteiger partial charge in [-0.2, -0.15) is 0 Å². The van der Waals surface area contributed by atoms with Crippen LogP contribution in [0.1, 0.15) is 0 Å². The summed E-state index contributed by atoms with van der Waals surface area (Å²) in [4.78, 5) is 0. The maximum atomic E-state index is 2.47. The number of hydrogen-bond donors (Lipinski definition) is 0. The normalized spacial score (nSPS) is 12.1. The number of benzene rings is 7. The number of rotatable bonds is 3. The largest absolute Gasteiger partial charge is 0.309 e. The highest BCUT2D eigenvalue weighted by Crippen LogP contribution is 2.46. The number of fused-ring (bicyclic) bond motifs is 9. The van der Waals surface area contributed by atoms with Gasteiger partial charge in [0.05, 0.1) is 27.6 Å². The molecule has 7 aromatic carbocycles. The molecule has 10 aromatic rings. The smallest absolute Gasteiger partial charge is 0.0626 e. The Morgan fingerprint density at radius 1 is 0.341 bits per heavy atom. The molecule has 0 fully saturated rings. The molecule has 0 N–H and O–H groups in total. The van der Waals surface area contributed by atoms with Crippen molar-refractivity contribution in [3.8, 4) is 27.9 Å². The molecule has 3 aromatic heterocycles. The van der Waals surface area contributed by atoms with Gasteiger partial charge in [0, 0.05) is 38.0 Å².